The first-order valence-corrected chi connectivity index (χ1v) is 4.95. The number of hydrogen-bond acceptors (Lipinski definition) is 4. The van der Waals surface area contributed by atoms with E-state index < -0.39 is 18.2 Å². The minimum absolute atomic E-state index is 0.316. The second kappa shape index (κ2) is 4.24. The van der Waals surface area contributed by atoms with E-state index >= 15 is 0 Å². The third-order valence-electron chi connectivity index (χ3n) is 2.38. The van der Waals surface area contributed by atoms with E-state index in [-0.39, 0.29) is 6.04 Å². The number of carboxylic acid groups (broad SMARTS) is 1. The molecule has 2 aromatic heterocycles. The molecule has 0 saturated carbocycles. The lowest BCUT2D eigenvalue weighted by atomic mass is 10.3. The summed E-state index contributed by atoms with van der Waals surface area (Å²) in [5.41, 5.74) is -0.540. The van der Waals surface area contributed by atoms with Crippen LogP contribution in [-0.2, 0) is 11.3 Å². The highest BCUT2D eigenvalue weighted by molar-refractivity contribution is 5.66. The van der Waals surface area contributed by atoms with Crippen molar-refractivity contribution >= 4 is 5.97 Å². The minimum atomic E-state index is -1.09. The fourth-order valence-electron chi connectivity index (χ4n) is 1.56. The lowest BCUT2D eigenvalue weighted by Crippen LogP contribution is -2.25. The summed E-state index contributed by atoms with van der Waals surface area (Å²) in [5.74, 6) is -0.761. The van der Waals surface area contributed by atoms with Gasteiger partial charge in [0, 0.05) is 12.4 Å². The fourth-order valence-corrected chi connectivity index (χ4v) is 1.56. The van der Waals surface area contributed by atoms with Gasteiger partial charge in [0.2, 0.25) is 0 Å². The highest BCUT2D eigenvalue weighted by atomic mass is 16.4. The van der Waals surface area contributed by atoms with Crippen LogP contribution in [0, 0.1) is 0 Å². The van der Waals surface area contributed by atoms with Crippen LogP contribution in [0.3, 0.4) is 0 Å². The maximum Gasteiger partial charge on any atom is 0.343 e. The van der Waals surface area contributed by atoms with Gasteiger partial charge in [-0.1, -0.05) is 0 Å². The third kappa shape index (κ3) is 2.10. The molecule has 90 valence electrons. The van der Waals surface area contributed by atoms with E-state index in [0.29, 0.717) is 5.82 Å². The van der Waals surface area contributed by atoms with Crippen LogP contribution in [-0.4, -0.2) is 35.6 Å². The molecule has 0 radical (unpaired) electrons. The summed E-state index contributed by atoms with van der Waals surface area (Å²) >= 11 is 0. The molecule has 2 heterocycles. The Labute approximate surface area is 95.5 Å². The molecule has 0 fully saturated rings. The molecule has 0 spiro atoms. The van der Waals surface area contributed by atoms with Crippen LogP contribution in [0.4, 0.5) is 0 Å². The van der Waals surface area contributed by atoms with Gasteiger partial charge in [0.25, 0.3) is 0 Å². The Balaban J connectivity index is 2.39. The van der Waals surface area contributed by atoms with Gasteiger partial charge < -0.3 is 5.11 Å². The van der Waals surface area contributed by atoms with Crippen LogP contribution in [0.5, 0.6) is 0 Å². The highest BCUT2D eigenvalue weighted by Crippen LogP contribution is 2.12. The average molecular weight is 237 g/mol. The Bertz CT molecular complexity index is 568. The standard InChI is InChI=1S/C9H11N5O3/c1-6(14-4-2-3-10-14)8-11-12-9(17)13(8)5-7(15)16/h2-4,6H,5H2,1H3,(H,12,17)(H,15,16)/t6-/m1/s1. The van der Waals surface area contributed by atoms with Crippen LogP contribution in [0.2, 0.25) is 0 Å². The largest absolute Gasteiger partial charge is 0.480 e. The predicted molar refractivity (Wildman–Crippen MR) is 56.5 cm³/mol. The second-order valence-electron chi connectivity index (χ2n) is 3.53. The first-order valence-electron chi connectivity index (χ1n) is 4.95. The average Bonchev–Trinajstić information content (AvgIpc) is 2.88. The predicted octanol–water partition coefficient (Wildman–Crippen LogP) is -0.538. The Morgan fingerprint density at radius 3 is 3.00 bits per heavy atom. The molecule has 2 rings (SSSR count). The number of carbonyl (C=O) groups is 1. The van der Waals surface area contributed by atoms with Crippen molar-refractivity contribution in [2.24, 2.45) is 0 Å². The van der Waals surface area contributed by atoms with Gasteiger partial charge in [-0.15, -0.1) is 0 Å². The number of rotatable bonds is 4. The summed E-state index contributed by atoms with van der Waals surface area (Å²) in [4.78, 5) is 22.1. The van der Waals surface area contributed by atoms with E-state index in [1.165, 1.54) is 0 Å². The summed E-state index contributed by atoms with van der Waals surface area (Å²) in [7, 11) is 0. The van der Waals surface area contributed by atoms with Crippen LogP contribution >= 0.6 is 0 Å². The first-order chi connectivity index (χ1) is 8.09. The molecule has 17 heavy (non-hydrogen) atoms. The van der Waals surface area contributed by atoms with Crippen LogP contribution in [0.25, 0.3) is 0 Å². The summed E-state index contributed by atoms with van der Waals surface area (Å²) in [5, 5.41) is 18.8. The van der Waals surface area contributed by atoms with Crippen molar-refractivity contribution in [1.82, 2.24) is 24.5 Å². The number of hydrogen-bond donors (Lipinski definition) is 2. The first kappa shape index (κ1) is 11.1. The molecule has 1 atom stereocenters. The van der Waals surface area contributed by atoms with Gasteiger partial charge in [0.15, 0.2) is 5.82 Å². The molecular weight excluding hydrogens is 226 g/mol. The molecule has 8 heteroatoms. The van der Waals surface area contributed by atoms with Crippen LogP contribution in [0.1, 0.15) is 18.8 Å². The Morgan fingerprint density at radius 2 is 2.41 bits per heavy atom. The number of nitrogens with zero attached hydrogens (tertiary/aromatic N) is 4. The lowest BCUT2D eigenvalue weighted by Gasteiger charge is -2.11. The van der Waals surface area contributed by atoms with E-state index in [1.807, 2.05) is 0 Å². The molecule has 0 aliphatic carbocycles. The van der Waals surface area contributed by atoms with E-state index in [2.05, 4.69) is 15.3 Å². The second-order valence-corrected chi connectivity index (χ2v) is 3.53. The summed E-state index contributed by atoms with van der Waals surface area (Å²) in [6.07, 6.45) is 3.32. The summed E-state index contributed by atoms with van der Waals surface area (Å²) < 4.78 is 2.67. The van der Waals surface area contributed by atoms with Crippen molar-refractivity contribution in [3.8, 4) is 0 Å². The van der Waals surface area contributed by atoms with E-state index in [4.69, 9.17) is 5.11 Å². The van der Waals surface area contributed by atoms with Crippen molar-refractivity contribution in [2.75, 3.05) is 0 Å². The molecule has 0 saturated heterocycles. The number of aliphatic carboxylic acids is 1. The Morgan fingerprint density at radius 1 is 1.65 bits per heavy atom. The molecule has 0 bridgehead atoms. The quantitative estimate of drug-likeness (QED) is 0.743. The number of aromatic amines is 1. The number of carboxylic acids is 1. The van der Waals surface area contributed by atoms with Gasteiger partial charge in [0.05, 0.1) is 0 Å². The van der Waals surface area contributed by atoms with Gasteiger partial charge in [-0.2, -0.15) is 10.2 Å². The van der Waals surface area contributed by atoms with E-state index in [9.17, 15) is 9.59 Å². The molecule has 2 aromatic rings. The van der Waals surface area contributed by atoms with Crippen molar-refractivity contribution in [1.29, 1.82) is 0 Å². The number of aromatic nitrogens is 5. The molecule has 0 amide bonds. The SMILES string of the molecule is C[C@H](c1n[nH]c(=O)n1CC(=O)O)n1cccn1. The van der Waals surface area contributed by atoms with E-state index in [0.717, 1.165) is 4.57 Å². The van der Waals surface area contributed by atoms with E-state index in [1.54, 1.807) is 30.1 Å². The zero-order valence-electron chi connectivity index (χ0n) is 9.07. The highest BCUT2D eigenvalue weighted by Gasteiger charge is 2.18. The molecule has 2 N–H and O–H groups in total. The van der Waals surface area contributed by atoms with Gasteiger partial charge in [-0.05, 0) is 13.0 Å². The Kier molecular flexibility index (Phi) is 2.77. The maximum absolute atomic E-state index is 11.4. The van der Waals surface area contributed by atoms with Crippen molar-refractivity contribution in [3.05, 3.63) is 34.8 Å². The lowest BCUT2D eigenvalue weighted by molar-refractivity contribution is -0.137. The van der Waals surface area contributed by atoms with Gasteiger partial charge in [0.1, 0.15) is 12.6 Å². The molecule has 0 aliphatic heterocycles. The Hall–Kier alpha value is -2.38. The summed E-state index contributed by atoms with van der Waals surface area (Å²) in [6, 6.07) is 1.42. The maximum atomic E-state index is 11.4. The normalized spacial score (nSPS) is 12.5. The number of nitrogens with one attached hydrogen (secondary N) is 1. The van der Waals surface area contributed by atoms with Crippen LogP contribution in [0.15, 0.2) is 23.3 Å². The zero-order valence-corrected chi connectivity index (χ0v) is 9.07. The van der Waals surface area contributed by atoms with Crippen LogP contribution < -0.4 is 5.69 Å². The molecule has 0 aliphatic rings. The fraction of sp³-hybridized carbons (Fsp3) is 0.333. The molecule has 8 nitrogen and oxygen atoms in total. The molecule has 0 aromatic carbocycles. The van der Waals surface area contributed by atoms with Gasteiger partial charge >= 0.3 is 11.7 Å². The zero-order chi connectivity index (χ0) is 12.4. The topological polar surface area (TPSA) is 106 Å². The monoisotopic (exact) mass is 237 g/mol. The molecular formula is C9H11N5O3. The van der Waals surface area contributed by atoms with Gasteiger partial charge in [-0.25, -0.2) is 9.89 Å². The van der Waals surface area contributed by atoms with Crippen molar-refractivity contribution in [2.45, 2.75) is 19.5 Å². The third-order valence-corrected chi connectivity index (χ3v) is 2.38. The summed E-state index contributed by atoms with van der Waals surface area (Å²) in [6.45, 7) is 1.36. The molecule has 0 unspecified atom stereocenters. The minimum Gasteiger partial charge on any atom is -0.480 e. The smallest absolute Gasteiger partial charge is 0.343 e. The van der Waals surface area contributed by atoms with Crippen molar-refractivity contribution < 1.29 is 9.90 Å². The number of H-pyrrole nitrogens is 1. The van der Waals surface area contributed by atoms with Crippen molar-refractivity contribution in [3.63, 3.8) is 0 Å². The van der Waals surface area contributed by atoms with Gasteiger partial charge in [-0.3, -0.25) is 14.0 Å².